The van der Waals surface area contributed by atoms with Gasteiger partial charge in [-0.2, -0.15) is 0 Å². The molecule has 2 unspecified atom stereocenters. The molecule has 3 atom stereocenters. The third-order valence-corrected chi connectivity index (χ3v) is 6.77. The van der Waals surface area contributed by atoms with Crippen LogP contribution in [-0.4, -0.2) is 52.5 Å². The van der Waals surface area contributed by atoms with Crippen molar-refractivity contribution < 1.29 is 23.9 Å². The second-order valence-corrected chi connectivity index (χ2v) is 9.15. The first-order valence-electron chi connectivity index (χ1n) is 11.4. The number of carbonyl (C=O) groups excluding carboxylic acids is 3. The molecule has 2 aromatic rings. The Bertz CT molecular complexity index is 1190. The van der Waals surface area contributed by atoms with Crippen LogP contribution in [-0.2, 0) is 30.4 Å². The number of nitrogens with one attached hydrogen (secondary N) is 1. The third-order valence-electron chi connectivity index (χ3n) is 6.77. The van der Waals surface area contributed by atoms with Crippen molar-refractivity contribution in [3.63, 3.8) is 0 Å². The normalized spacial score (nSPS) is 25.9. The van der Waals surface area contributed by atoms with Gasteiger partial charge in [-0.1, -0.05) is 39.0 Å². The number of carbonyl (C=O) groups is 3. The van der Waals surface area contributed by atoms with Crippen LogP contribution in [0.15, 0.2) is 36.4 Å². The lowest BCUT2D eigenvalue weighted by Gasteiger charge is -2.46. The van der Waals surface area contributed by atoms with Crippen LogP contribution in [0, 0.1) is 11.8 Å². The number of esters is 2. The number of amides is 1. The average Bonchev–Trinajstić information content (AvgIpc) is 3.16. The van der Waals surface area contributed by atoms with Gasteiger partial charge in [-0.05, 0) is 24.6 Å². The second kappa shape index (κ2) is 7.95. The molecule has 8 heteroatoms. The van der Waals surface area contributed by atoms with Crippen molar-refractivity contribution >= 4 is 34.4 Å². The highest BCUT2D eigenvalue weighted by Crippen LogP contribution is 2.47. The molecule has 1 saturated heterocycles. The molecular formula is C25H27N3O5. The van der Waals surface area contributed by atoms with Gasteiger partial charge in [0.25, 0.3) is 0 Å². The van der Waals surface area contributed by atoms with E-state index in [0.29, 0.717) is 12.2 Å². The van der Waals surface area contributed by atoms with E-state index in [9.17, 15) is 14.4 Å². The molecule has 0 spiro atoms. The lowest BCUT2D eigenvalue weighted by atomic mass is 9.72. The lowest BCUT2D eigenvalue weighted by molar-refractivity contribution is -0.204. The molecule has 3 aliphatic rings. The number of aromatic nitrogens is 1. The number of nitrogens with zero attached hydrogens (tertiary/aromatic N) is 2. The van der Waals surface area contributed by atoms with Crippen molar-refractivity contribution in [2.45, 2.75) is 45.4 Å². The van der Waals surface area contributed by atoms with E-state index in [1.165, 1.54) is 0 Å². The van der Waals surface area contributed by atoms with Gasteiger partial charge in [0, 0.05) is 22.9 Å². The summed E-state index contributed by atoms with van der Waals surface area (Å²) in [6, 6.07) is 9.95. The van der Waals surface area contributed by atoms with Crippen molar-refractivity contribution in [3.05, 3.63) is 47.7 Å². The number of hydrogen-bond acceptors (Lipinski definition) is 7. The molecule has 172 valence electrons. The van der Waals surface area contributed by atoms with Crippen molar-refractivity contribution in [2.24, 2.45) is 11.8 Å². The van der Waals surface area contributed by atoms with Crippen LogP contribution < -0.4 is 5.32 Å². The highest BCUT2D eigenvalue weighted by molar-refractivity contribution is 5.97. The molecule has 1 amide bonds. The highest BCUT2D eigenvalue weighted by Gasteiger charge is 2.59. The smallest absolute Gasteiger partial charge is 0.351 e. The van der Waals surface area contributed by atoms with E-state index >= 15 is 0 Å². The Kier molecular flexibility index (Phi) is 5.20. The molecular weight excluding hydrogens is 422 g/mol. The Morgan fingerprint density at radius 2 is 2.12 bits per heavy atom. The van der Waals surface area contributed by atoms with Gasteiger partial charge in [0.05, 0.1) is 35.9 Å². The SMILES string of the molecule is CC[C@@]1(OC(=O)CNC(C)C)C(=O)OCC2C(=O)N3Cc4cc5ccccc5nc4C3=CC21. The van der Waals surface area contributed by atoms with E-state index in [0.717, 1.165) is 22.2 Å². The van der Waals surface area contributed by atoms with E-state index in [1.807, 2.05) is 44.2 Å². The Morgan fingerprint density at radius 1 is 1.33 bits per heavy atom. The second-order valence-electron chi connectivity index (χ2n) is 9.15. The van der Waals surface area contributed by atoms with Gasteiger partial charge in [0.15, 0.2) is 0 Å². The number of rotatable bonds is 5. The largest absolute Gasteiger partial charge is 0.462 e. The molecule has 8 nitrogen and oxygen atoms in total. The Balaban J connectivity index is 1.57. The molecule has 0 bridgehead atoms. The molecule has 0 saturated carbocycles. The van der Waals surface area contributed by atoms with E-state index in [1.54, 1.807) is 11.8 Å². The third kappa shape index (κ3) is 3.40. The number of para-hydroxylation sites is 1. The van der Waals surface area contributed by atoms with E-state index in [-0.39, 0.29) is 31.5 Å². The fourth-order valence-electron chi connectivity index (χ4n) is 5.04. The van der Waals surface area contributed by atoms with E-state index in [4.69, 9.17) is 14.5 Å². The standard InChI is InChI=1S/C25H27N3O5/c1-4-25(33-21(29)11-26-14(2)3)18-10-20-22-16(9-15-7-5-6-8-19(15)27-22)12-28(20)23(30)17(18)13-32-24(25)31/h5-10,14,17-18,26H,4,11-13H2,1-3H3/t17?,18?,25-/m0/s1. The van der Waals surface area contributed by atoms with Crippen LogP contribution >= 0.6 is 0 Å². The predicted octanol–water partition coefficient (Wildman–Crippen LogP) is 2.41. The molecule has 1 aromatic carbocycles. The Labute approximate surface area is 191 Å². The van der Waals surface area contributed by atoms with Gasteiger partial charge in [0.1, 0.15) is 6.61 Å². The van der Waals surface area contributed by atoms with Gasteiger partial charge >= 0.3 is 11.9 Å². The van der Waals surface area contributed by atoms with Crippen molar-refractivity contribution in [1.29, 1.82) is 0 Å². The Morgan fingerprint density at radius 3 is 2.88 bits per heavy atom. The minimum absolute atomic E-state index is 0.0299. The summed E-state index contributed by atoms with van der Waals surface area (Å²) in [5, 5.41) is 4.02. The number of pyridine rings is 1. The Hall–Kier alpha value is -3.26. The number of cyclic esters (lactones) is 1. The first-order valence-corrected chi connectivity index (χ1v) is 11.4. The minimum Gasteiger partial charge on any atom is -0.462 e. The summed E-state index contributed by atoms with van der Waals surface area (Å²) in [6.45, 7) is 5.97. The molecule has 33 heavy (non-hydrogen) atoms. The zero-order valence-electron chi connectivity index (χ0n) is 19.0. The number of hydrogen-bond donors (Lipinski definition) is 1. The number of fused-ring (bicyclic) bond motifs is 5. The maximum atomic E-state index is 13.5. The molecule has 1 N–H and O–H groups in total. The van der Waals surface area contributed by atoms with E-state index < -0.39 is 29.4 Å². The molecule has 5 rings (SSSR count). The molecule has 3 aliphatic heterocycles. The summed E-state index contributed by atoms with van der Waals surface area (Å²) in [5.41, 5.74) is 1.65. The van der Waals surface area contributed by atoms with Gasteiger partial charge in [-0.15, -0.1) is 0 Å². The first kappa shape index (κ1) is 21.6. The summed E-state index contributed by atoms with van der Waals surface area (Å²) < 4.78 is 11.2. The fraction of sp³-hybridized carbons (Fsp3) is 0.440. The lowest BCUT2D eigenvalue weighted by Crippen LogP contribution is -2.61. The summed E-state index contributed by atoms with van der Waals surface area (Å²) in [7, 11) is 0. The number of benzene rings is 1. The van der Waals surface area contributed by atoms with Crippen LogP contribution in [0.5, 0.6) is 0 Å². The molecule has 1 fully saturated rings. The summed E-state index contributed by atoms with van der Waals surface area (Å²) in [5.74, 6) is -2.52. The zero-order valence-corrected chi connectivity index (χ0v) is 19.0. The molecule has 0 aliphatic carbocycles. The van der Waals surface area contributed by atoms with Gasteiger partial charge < -0.3 is 19.7 Å². The molecule has 0 radical (unpaired) electrons. The molecule has 4 heterocycles. The van der Waals surface area contributed by atoms with Crippen molar-refractivity contribution in [3.8, 4) is 0 Å². The van der Waals surface area contributed by atoms with Crippen LogP contribution in [0.2, 0.25) is 0 Å². The van der Waals surface area contributed by atoms with Gasteiger partial charge in [-0.25, -0.2) is 9.78 Å². The minimum atomic E-state index is -1.55. The van der Waals surface area contributed by atoms with Crippen LogP contribution in [0.4, 0.5) is 0 Å². The highest BCUT2D eigenvalue weighted by atomic mass is 16.6. The van der Waals surface area contributed by atoms with E-state index in [2.05, 4.69) is 11.4 Å². The summed E-state index contributed by atoms with van der Waals surface area (Å²) in [6.07, 6.45) is 2.10. The quantitative estimate of drug-likeness (QED) is 0.700. The van der Waals surface area contributed by atoms with Crippen molar-refractivity contribution in [2.75, 3.05) is 13.2 Å². The van der Waals surface area contributed by atoms with Gasteiger partial charge in [0.2, 0.25) is 11.5 Å². The van der Waals surface area contributed by atoms with Crippen LogP contribution in [0.1, 0.15) is 38.4 Å². The molecule has 1 aromatic heterocycles. The van der Waals surface area contributed by atoms with Gasteiger partial charge in [-0.3, -0.25) is 9.59 Å². The topological polar surface area (TPSA) is 97.8 Å². The zero-order chi connectivity index (χ0) is 23.3. The fourth-order valence-corrected chi connectivity index (χ4v) is 5.04. The average molecular weight is 450 g/mol. The maximum Gasteiger partial charge on any atom is 0.351 e. The first-order chi connectivity index (χ1) is 15.8. The van der Waals surface area contributed by atoms with Crippen LogP contribution in [0.25, 0.3) is 16.6 Å². The van der Waals surface area contributed by atoms with Crippen LogP contribution in [0.3, 0.4) is 0 Å². The van der Waals surface area contributed by atoms with Crippen molar-refractivity contribution in [1.82, 2.24) is 15.2 Å². The summed E-state index contributed by atoms with van der Waals surface area (Å²) in [4.78, 5) is 45.7. The monoisotopic (exact) mass is 449 g/mol. The maximum absolute atomic E-state index is 13.5. The summed E-state index contributed by atoms with van der Waals surface area (Å²) >= 11 is 0. The number of ether oxygens (including phenoxy) is 2. The predicted molar refractivity (Wildman–Crippen MR) is 120 cm³/mol.